The van der Waals surface area contributed by atoms with Crippen molar-refractivity contribution in [3.05, 3.63) is 34.6 Å². The van der Waals surface area contributed by atoms with Gasteiger partial charge in [0.15, 0.2) is 0 Å². The van der Waals surface area contributed by atoms with Crippen molar-refractivity contribution in [2.45, 2.75) is 19.4 Å². The normalized spacial score (nSPS) is 12.4. The molecule has 2 N–H and O–H groups in total. The van der Waals surface area contributed by atoms with E-state index in [1.54, 1.807) is 0 Å². The third kappa shape index (κ3) is 2.93. The summed E-state index contributed by atoms with van der Waals surface area (Å²) in [4.78, 5) is 11.0. The Morgan fingerprint density at radius 2 is 2.31 bits per heavy atom. The predicted molar refractivity (Wildman–Crippen MR) is 60.1 cm³/mol. The monoisotopic (exact) mass is 245 g/mol. The molecule has 0 saturated carbocycles. The Morgan fingerprint density at radius 1 is 1.62 bits per heavy atom. The summed E-state index contributed by atoms with van der Waals surface area (Å²) in [5.41, 5.74) is 0.0634. The summed E-state index contributed by atoms with van der Waals surface area (Å²) in [7, 11) is 0. The third-order valence-electron chi connectivity index (χ3n) is 2.14. The number of carboxylic acid groups (broad SMARTS) is 1. The Balaban J connectivity index is 3.01. The Labute approximate surface area is 98.2 Å². The van der Waals surface area contributed by atoms with Gasteiger partial charge in [0, 0.05) is 5.56 Å². The van der Waals surface area contributed by atoms with E-state index in [9.17, 15) is 9.18 Å². The van der Waals surface area contributed by atoms with E-state index in [4.69, 9.17) is 16.7 Å². The first-order valence-corrected chi connectivity index (χ1v) is 5.35. The van der Waals surface area contributed by atoms with Gasteiger partial charge in [-0.3, -0.25) is 4.79 Å². The fourth-order valence-corrected chi connectivity index (χ4v) is 1.54. The SMILES string of the molecule is CCCNC(C(=O)O)c1cccc(Cl)c1F. The number of aliphatic carboxylic acids is 1. The molecule has 0 spiro atoms. The van der Waals surface area contributed by atoms with Gasteiger partial charge in [-0.15, -0.1) is 0 Å². The Hall–Kier alpha value is -1.13. The average molecular weight is 246 g/mol. The predicted octanol–water partition coefficient (Wildman–Crippen LogP) is 2.60. The molecule has 0 saturated heterocycles. The molecular formula is C11H13ClFNO2. The number of hydrogen-bond acceptors (Lipinski definition) is 2. The zero-order valence-electron chi connectivity index (χ0n) is 8.84. The van der Waals surface area contributed by atoms with Crippen LogP contribution in [0.15, 0.2) is 18.2 Å². The van der Waals surface area contributed by atoms with Gasteiger partial charge in [0.25, 0.3) is 0 Å². The van der Waals surface area contributed by atoms with Crippen LogP contribution in [-0.4, -0.2) is 17.6 Å². The molecule has 16 heavy (non-hydrogen) atoms. The van der Waals surface area contributed by atoms with Crippen LogP contribution in [0.4, 0.5) is 4.39 Å². The molecule has 0 aromatic heterocycles. The molecule has 88 valence electrons. The van der Waals surface area contributed by atoms with Crippen molar-refractivity contribution >= 4 is 17.6 Å². The maximum absolute atomic E-state index is 13.6. The first kappa shape index (κ1) is 12.9. The van der Waals surface area contributed by atoms with E-state index < -0.39 is 17.8 Å². The number of rotatable bonds is 5. The number of halogens is 2. The standard InChI is InChI=1S/C11H13ClFNO2/c1-2-6-14-10(11(15)16)7-4-3-5-8(12)9(7)13/h3-5,10,14H,2,6H2,1H3,(H,15,16). The van der Waals surface area contributed by atoms with Gasteiger partial charge in [0.1, 0.15) is 11.9 Å². The Kier molecular flexibility index (Phi) is 4.71. The fourth-order valence-electron chi connectivity index (χ4n) is 1.36. The van der Waals surface area contributed by atoms with E-state index in [2.05, 4.69) is 5.32 Å². The maximum Gasteiger partial charge on any atom is 0.325 e. The van der Waals surface area contributed by atoms with Gasteiger partial charge in [-0.25, -0.2) is 4.39 Å². The van der Waals surface area contributed by atoms with Crippen molar-refractivity contribution in [1.29, 1.82) is 0 Å². The minimum absolute atomic E-state index is 0.0634. The van der Waals surface area contributed by atoms with E-state index >= 15 is 0 Å². The number of nitrogens with one attached hydrogen (secondary N) is 1. The lowest BCUT2D eigenvalue weighted by atomic mass is 10.1. The van der Waals surface area contributed by atoms with E-state index in [0.29, 0.717) is 6.54 Å². The molecule has 1 rings (SSSR count). The highest BCUT2D eigenvalue weighted by atomic mass is 35.5. The second-order valence-electron chi connectivity index (χ2n) is 3.37. The van der Waals surface area contributed by atoms with Gasteiger partial charge >= 0.3 is 5.97 Å². The van der Waals surface area contributed by atoms with E-state index in [1.807, 2.05) is 6.92 Å². The number of hydrogen-bond donors (Lipinski definition) is 2. The van der Waals surface area contributed by atoms with Crippen molar-refractivity contribution in [1.82, 2.24) is 5.32 Å². The first-order valence-electron chi connectivity index (χ1n) is 4.98. The molecule has 1 aromatic rings. The highest BCUT2D eigenvalue weighted by molar-refractivity contribution is 6.30. The van der Waals surface area contributed by atoms with E-state index in [1.165, 1.54) is 18.2 Å². The maximum atomic E-state index is 13.6. The van der Waals surface area contributed by atoms with Crippen LogP contribution < -0.4 is 5.32 Å². The van der Waals surface area contributed by atoms with Crippen LogP contribution in [0.3, 0.4) is 0 Å². The minimum atomic E-state index is -1.12. The molecule has 1 aromatic carbocycles. The molecule has 0 aliphatic carbocycles. The molecule has 0 amide bonds. The van der Waals surface area contributed by atoms with Gasteiger partial charge in [0.05, 0.1) is 5.02 Å². The average Bonchev–Trinajstić information content (AvgIpc) is 2.24. The van der Waals surface area contributed by atoms with Gasteiger partial charge in [-0.05, 0) is 19.0 Å². The highest BCUT2D eigenvalue weighted by Crippen LogP contribution is 2.23. The second-order valence-corrected chi connectivity index (χ2v) is 3.78. The van der Waals surface area contributed by atoms with Crippen molar-refractivity contribution < 1.29 is 14.3 Å². The van der Waals surface area contributed by atoms with Crippen molar-refractivity contribution in [3.8, 4) is 0 Å². The summed E-state index contributed by atoms with van der Waals surface area (Å²) in [6.45, 7) is 2.41. The molecule has 0 aliphatic heterocycles. The number of carboxylic acids is 1. The lowest BCUT2D eigenvalue weighted by Crippen LogP contribution is -2.29. The molecule has 0 radical (unpaired) electrons. The zero-order valence-corrected chi connectivity index (χ0v) is 9.59. The van der Waals surface area contributed by atoms with Crippen molar-refractivity contribution in [3.63, 3.8) is 0 Å². The number of benzene rings is 1. The molecular weight excluding hydrogens is 233 g/mol. The molecule has 5 heteroatoms. The molecule has 0 heterocycles. The van der Waals surface area contributed by atoms with Crippen LogP contribution in [0.25, 0.3) is 0 Å². The lowest BCUT2D eigenvalue weighted by molar-refractivity contribution is -0.139. The van der Waals surface area contributed by atoms with Crippen LogP contribution in [0, 0.1) is 5.82 Å². The van der Waals surface area contributed by atoms with Crippen molar-refractivity contribution in [2.75, 3.05) is 6.54 Å². The summed E-state index contributed by atoms with van der Waals surface area (Å²) in [5.74, 6) is -1.80. The van der Waals surface area contributed by atoms with Gasteiger partial charge < -0.3 is 10.4 Å². The Bertz CT molecular complexity index is 384. The Morgan fingerprint density at radius 3 is 2.88 bits per heavy atom. The molecule has 1 atom stereocenters. The van der Waals surface area contributed by atoms with Crippen LogP contribution in [-0.2, 0) is 4.79 Å². The molecule has 3 nitrogen and oxygen atoms in total. The summed E-state index contributed by atoms with van der Waals surface area (Å²) in [6.07, 6.45) is 0.770. The molecule has 0 fully saturated rings. The van der Waals surface area contributed by atoms with Crippen LogP contribution in [0.2, 0.25) is 5.02 Å². The number of carbonyl (C=O) groups is 1. The zero-order chi connectivity index (χ0) is 12.1. The third-order valence-corrected chi connectivity index (χ3v) is 2.43. The van der Waals surface area contributed by atoms with Gasteiger partial charge in [-0.1, -0.05) is 30.7 Å². The van der Waals surface area contributed by atoms with Crippen LogP contribution in [0.1, 0.15) is 24.9 Å². The quantitative estimate of drug-likeness (QED) is 0.838. The molecule has 0 aliphatic rings. The van der Waals surface area contributed by atoms with Crippen molar-refractivity contribution in [2.24, 2.45) is 0 Å². The summed E-state index contributed by atoms with van der Waals surface area (Å²) < 4.78 is 13.6. The van der Waals surface area contributed by atoms with E-state index in [-0.39, 0.29) is 10.6 Å². The molecule has 1 unspecified atom stereocenters. The first-order chi connectivity index (χ1) is 7.57. The smallest absolute Gasteiger partial charge is 0.325 e. The van der Waals surface area contributed by atoms with Crippen LogP contribution >= 0.6 is 11.6 Å². The minimum Gasteiger partial charge on any atom is -0.480 e. The second kappa shape index (κ2) is 5.82. The van der Waals surface area contributed by atoms with Crippen LogP contribution in [0.5, 0.6) is 0 Å². The molecule has 0 bridgehead atoms. The largest absolute Gasteiger partial charge is 0.480 e. The fraction of sp³-hybridized carbons (Fsp3) is 0.364. The summed E-state index contributed by atoms with van der Waals surface area (Å²) in [6, 6.07) is 3.28. The highest BCUT2D eigenvalue weighted by Gasteiger charge is 2.23. The lowest BCUT2D eigenvalue weighted by Gasteiger charge is -2.15. The summed E-state index contributed by atoms with van der Waals surface area (Å²) >= 11 is 5.60. The van der Waals surface area contributed by atoms with Gasteiger partial charge in [0.2, 0.25) is 0 Å². The topological polar surface area (TPSA) is 49.3 Å². The summed E-state index contributed by atoms with van der Waals surface area (Å²) in [5, 5.41) is 11.7. The van der Waals surface area contributed by atoms with E-state index in [0.717, 1.165) is 6.42 Å². The van der Waals surface area contributed by atoms with Gasteiger partial charge in [-0.2, -0.15) is 0 Å².